The summed E-state index contributed by atoms with van der Waals surface area (Å²) in [5.74, 6) is 0.469. The number of benzene rings is 1. The highest BCUT2D eigenvalue weighted by molar-refractivity contribution is 6.30. The summed E-state index contributed by atoms with van der Waals surface area (Å²) in [5.41, 5.74) is 6.79. The Balaban J connectivity index is 2.51. The Hall–Kier alpha value is -1.22. The fraction of sp³-hybridized carbons (Fsp3) is 0.364. The van der Waals surface area contributed by atoms with E-state index >= 15 is 0 Å². The van der Waals surface area contributed by atoms with Gasteiger partial charge < -0.3 is 11.1 Å². The highest BCUT2D eigenvalue weighted by Crippen LogP contribution is 2.10. The van der Waals surface area contributed by atoms with Gasteiger partial charge in [0.25, 0.3) is 0 Å². The lowest BCUT2D eigenvalue weighted by atomic mass is 10.1. The number of nitrogens with two attached hydrogens (primary N) is 1. The zero-order valence-electron chi connectivity index (χ0n) is 9.00. The Kier molecular flexibility index (Phi) is 4.43. The molecule has 4 heteroatoms. The average molecular weight is 226 g/mol. The van der Waals surface area contributed by atoms with Crippen molar-refractivity contribution in [2.24, 2.45) is 10.7 Å². The maximum Gasteiger partial charge on any atom is 0.188 e. The molecule has 1 unspecified atom stereocenters. The van der Waals surface area contributed by atoms with E-state index in [1.807, 2.05) is 24.3 Å². The van der Waals surface area contributed by atoms with Crippen LogP contribution in [0.3, 0.4) is 0 Å². The average Bonchev–Trinajstić information content (AvgIpc) is 2.21. The highest BCUT2D eigenvalue weighted by Gasteiger charge is 2.03. The van der Waals surface area contributed by atoms with Crippen molar-refractivity contribution in [3.05, 3.63) is 34.9 Å². The van der Waals surface area contributed by atoms with Crippen LogP contribution < -0.4 is 11.1 Å². The maximum atomic E-state index is 5.80. The molecule has 1 atom stereocenters. The van der Waals surface area contributed by atoms with Gasteiger partial charge in [-0.25, -0.2) is 0 Å². The van der Waals surface area contributed by atoms with Crippen molar-refractivity contribution < 1.29 is 0 Å². The molecule has 0 amide bonds. The van der Waals surface area contributed by atoms with Gasteiger partial charge in [-0.3, -0.25) is 4.99 Å². The normalized spacial score (nSPS) is 13.7. The standard InChI is InChI=1S/C11H16ClN3/c1-8(15-11(13)14-2)7-9-3-5-10(12)6-4-9/h3-6,8H,7H2,1-2H3,(H3,13,14,15). The number of nitrogens with one attached hydrogen (secondary N) is 1. The van der Waals surface area contributed by atoms with E-state index in [0.29, 0.717) is 5.96 Å². The van der Waals surface area contributed by atoms with Crippen molar-refractivity contribution in [2.75, 3.05) is 7.05 Å². The molecule has 15 heavy (non-hydrogen) atoms. The van der Waals surface area contributed by atoms with Gasteiger partial charge in [0, 0.05) is 18.1 Å². The molecule has 0 spiro atoms. The third kappa shape index (κ3) is 4.21. The van der Waals surface area contributed by atoms with Crippen LogP contribution in [-0.2, 0) is 6.42 Å². The Morgan fingerprint density at radius 2 is 2.07 bits per heavy atom. The Morgan fingerprint density at radius 1 is 1.47 bits per heavy atom. The van der Waals surface area contributed by atoms with E-state index in [9.17, 15) is 0 Å². The van der Waals surface area contributed by atoms with Crippen molar-refractivity contribution in [1.29, 1.82) is 0 Å². The fourth-order valence-corrected chi connectivity index (χ4v) is 1.47. The Bertz CT molecular complexity index is 332. The van der Waals surface area contributed by atoms with Crippen LogP contribution >= 0.6 is 11.6 Å². The molecule has 1 aromatic rings. The fourth-order valence-electron chi connectivity index (χ4n) is 1.34. The number of nitrogens with zero attached hydrogens (tertiary/aromatic N) is 1. The first-order chi connectivity index (χ1) is 7.11. The van der Waals surface area contributed by atoms with E-state index in [2.05, 4.69) is 17.2 Å². The van der Waals surface area contributed by atoms with E-state index in [1.54, 1.807) is 7.05 Å². The van der Waals surface area contributed by atoms with Gasteiger partial charge in [-0.05, 0) is 31.0 Å². The topological polar surface area (TPSA) is 50.4 Å². The molecule has 0 bridgehead atoms. The summed E-state index contributed by atoms with van der Waals surface area (Å²) >= 11 is 5.80. The second-order valence-corrected chi connectivity index (χ2v) is 3.92. The summed E-state index contributed by atoms with van der Waals surface area (Å²) in [6.07, 6.45) is 0.896. The van der Waals surface area contributed by atoms with E-state index in [4.69, 9.17) is 17.3 Å². The van der Waals surface area contributed by atoms with Crippen LogP contribution in [0.25, 0.3) is 0 Å². The maximum absolute atomic E-state index is 5.80. The van der Waals surface area contributed by atoms with Crippen molar-refractivity contribution in [1.82, 2.24) is 5.32 Å². The summed E-state index contributed by atoms with van der Waals surface area (Å²) < 4.78 is 0. The molecule has 0 aromatic heterocycles. The molecule has 1 aromatic carbocycles. The minimum absolute atomic E-state index is 0.259. The number of guanidine groups is 1. The lowest BCUT2D eigenvalue weighted by Crippen LogP contribution is -2.39. The largest absolute Gasteiger partial charge is 0.370 e. The first-order valence-corrected chi connectivity index (χ1v) is 5.23. The van der Waals surface area contributed by atoms with Gasteiger partial charge in [-0.1, -0.05) is 23.7 Å². The van der Waals surface area contributed by atoms with Crippen molar-refractivity contribution in [3.63, 3.8) is 0 Å². The minimum Gasteiger partial charge on any atom is -0.370 e. The van der Waals surface area contributed by atoms with Crippen LogP contribution in [-0.4, -0.2) is 19.0 Å². The molecule has 0 saturated heterocycles. The number of halogens is 1. The van der Waals surface area contributed by atoms with Crippen molar-refractivity contribution >= 4 is 17.6 Å². The zero-order valence-corrected chi connectivity index (χ0v) is 9.75. The summed E-state index contributed by atoms with van der Waals surface area (Å²) in [7, 11) is 1.66. The molecular formula is C11H16ClN3. The molecular weight excluding hydrogens is 210 g/mol. The molecule has 0 saturated carbocycles. The molecule has 0 aliphatic heterocycles. The third-order valence-electron chi connectivity index (χ3n) is 2.09. The van der Waals surface area contributed by atoms with Gasteiger partial charge in [0.1, 0.15) is 0 Å². The molecule has 0 fully saturated rings. The van der Waals surface area contributed by atoms with E-state index < -0.39 is 0 Å². The molecule has 82 valence electrons. The predicted molar refractivity (Wildman–Crippen MR) is 65.3 cm³/mol. The summed E-state index contributed by atoms with van der Waals surface area (Å²) in [6, 6.07) is 8.07. The monoisotopic (exact) mass is 225 g/mol. The summed E-state index contributed by atoms with van der Waals surface area (Å²) in [6.45, 7) is 2.06. The molecule has 0 aliphatic rings. The highest BCUT2D eigenvalue weighted by atomic mass is 35.5. The number of hydrogen-bond acceptors (Lipinski definition) is 1. The minimum atomic E-state index is 0.259. The number of hydrogen-bond donors (Lipinski definition) is 2. The second-order valence-electron chi connectivity index (χ2n) is 3.48. The quantitative estimate of drug-likeness (QED) is 0.609. The molecule has 0 radical (unpaired) electrons. The van der Waals surface area contributed by atoms with Gasteiger partial charge in [-0.15, -0.1) is 0 Å². The second kappa shape index (κ2) is 5.61. The van der Waals surface area contributed by atoms with Crippen LogP contribution in [0.1, 0.15) is 12.5 Å². The van der Waals surface area contributed by atoms with Crippen molar-refractivity contribution in [2.45, 2.75) is 19.4 Å². The van der Waals surface area contributed by atoms with E-state index in [1.165, 1.54) is 5.56 Å². The zero-order chi connectivity index (χ0) is 11.3. The van der Waals surface area contributed by atoms with Gasteiger partial charge >= 0.3 is 0 Å². The SMILES string of the molecule is CN=C(N)NC(C)Cc1ccc(Cl)cc1. The predicted octanol–water partition coefficient (Wildman–Crippen LogP) is 1.81. The first-order valence-electron chi connectivity index (χ1n) is 4.85. The lowest BCUT2D eigenvalue weighted by molar-refractivity contribution is 0.656. The smallest absolute Gasteiger partial charge is 0.188 e. The van der Waals surface area contributed by atoms with Crippen LogP contribution in [0.5, 0.6) is 0 Å². The van der Waals surface area contributed by atoms with Crippen LogP contribution in [0, 0.1) is 0 Å². The van der Waals surface area contributed by atoms with Gasteiger partial charge in [0.05, 0.1) is 0 Å². The Morgan fingerprint density at radius 3 is 2.60 bits per heavy atom. The van der Waals surface area contributed by atoms with Gasteiger partial charge in [0.15, 0.2) is 5.96 Å². The first kappa shape index (κ1) is 11.9. The van der Waals surface area contributed by atoms with Gasteiger partial charge in [-0.2, -0.15) is 0 Å². The number of rotatable bonds is 3. The molecule has 0 heterocycles. The van der Waals surface area contributed by atoms with Crippen LogP contribution in [0.4, 0.5) is 0 Å². The van der Waals surface area contributed by atoms with E-state index in [0.717, 1.165) is 11.4 Å². The Labute approximate surface area is 95.3 Å². The van der Waals surface area contributed by atoms with Crippen LogP contribution in [0.15, 0.2) is 29.3 Å². The molecule has 1 rings (SSSR count). The summed E-state index contributed by atoms with van der Waals surface area (Å²) in [4.78, 5) is 3.85. The molecule has 3 nitrogen and oxygen atoms in total. The third-order valence-corrected chi connectivity index (χ3v) is 2.34. The van der Waals surface area contributed by atoms with E-state index in [-0.39, 0.29) is 6.04 Å². The van der Waals surface area contributed by atoms with Crippen molar-refractivity contribution in [3.8, 4) is 0 Å². The van der Waals surface area contributed by atoms with Crippen LogP contribution in [0.2, 0.25) is 5.02 Å². The number of aliphatic imine (C=N–C) groups is 1. The molecule has 3 N–H and O–H groups in total. The summed E-state index contributed by atoms with van der Waals surface area (Å²) in [5, 5.41) is 3.85. The van der Waals surface area contributed by atoms with Gasteiger partial charge in [0.2, 0.25) is 0 Å². The lowest BCUT2D eigenvalue weighted by Gasteiger charge is -2.14. The molecule has 0 aliphatic carbocycles.